The topological polar surface area (TPSA) is 61.8 Å². The second kappa shape index (κ2) is 7.27. The summed E-state index contributed by atoms with van der Waals surface area (Å²) in [5.41, 5.74) is 3.78. The highest BCUT2D eigenvalue weighted by atomic mass is 16.5. The van der Waals surface area contributed by atoms with Crippen LogP contribution in [0.15, 0.2) is 66.7 Å². The van der Waals surface area contributed by atoms with Crippen LogP contribution in [0.3, 0.4) is 0 Å². The fraction of sp³-hybridized carbons (Fsp3) is 0.174. The zero-order valence-electron chi connectivity index (χ0n) is 15.8. The molecule has 142 valence electrons. The summed E-state index contributed by atoms with van der Waals surface area (Å²) in [6.45, 7) is 4.31. The van der Waals surface area contributed by atoms with Crippen LogP contribution in [-0.2, 0) is 0 Å². The fourth-order valence-corrected chi connectivity index (χ4v) is 3.47. The van der Waals surface area contributed by atoms with Gasteiger partial charge in [0.15, 0.2) is 11.5 Å². The lowest BCUT2D eigenvalue weighted by molar-refractivity contribution is 0.0974. The SMILES string of the molecule is CCOc1cccc([C@H]2Nc3ccccc3C(=O)N2c2ccc(C)cc2)c1O. The number of aryl methyl sites for hydroxylation is 1. The molecule has 1 heterocycles. The number of anilines is 2. The van der Waals surface area contributed by atoms with Gasteiger partial charge >= 0.3 is 0 Å². The molecule has 1 atom stereocenters. The Bertz CT molecular complexity index is 1010. The summed E-state index contributed by atoms with van der Waals surface area (Å²) < 4.78 is 5.54. The lowest BCUT2D eigenvalue weighted by atomic mass is 10.0. The number of carbonyl (C=O) groups is 1. The van der Waals surface area contributed by atoms with Gasteiger partial charge in [0.1, 0.15) is 6.17 Å². The molecule has 1 aliphatic heterocycles. The van der Waals surface area contributed by atoms with Crippen molar-refractivity contribution in [2.45, 2.75) is 20.0 Å². The zero-order valence-corrected chi connectivity index (χ0v) is 15.8. The van der Waals surface area contributed by atoms with E-state index in [2.05, 4.69) is 5.32 Å². The molecule has 0 saturated carbocycles. The van der Waals surface area contributed by atoms with Crippen LogP contribution >= 0.6 is 0 Å². The molecule has 1 amide bonds. The summed E-state index contributed by atoms with van der Waals surface area (Å²) in [7, 11) is 0. The van der Waals surface area contributed by atoms with Gasteiger partial charge in [-0.25, -0.2) is 0 Å². The first-order valence-corrected chi connectivity index (χ1v) is 9.30. The minimum atomic E-state index is -0.564. The smallest absolute Gasteiger partial charge is 0.262 e. The maximum Gasteiger partial charge on any atom is 0.262 e. The number of carbonyl (C=O) groups excluding carboxylic acids is 1. The Morgan fingerprint density at radius 2 is 1.79 bits per heavy atom. The van der Waals surface area contributed by atoms with Crippen molar-refractivity contribution in [2.24, 2.45) is 0 Å². The van der Waals surface area contributed by atoms with E-state index in [1.54, 1.807) is 23.1 Å². The van der Waals surface area contributed by atoms with Gasteiger partial charge in [-0.3, -0.25) is 9.69 Å². The van der Waals surface area contributed by atoms with E-state index >= 15 is 0 Å². The quantitative estimate of drug-likeness (QED) is 0.684. The highest BCUT2D eigenvalue weighted by Gasteiger charge is 2.35. The summed E-state index contributed by atoms with van der Waals surface area (Å²) in [4.78, 5) is 15.1. The fourth-order valence-electron chi connectivity index (χ4n) is 3.47. The number of phenols is 1. The molecule has 28 heavy (non-hydrogen) atoms. The van der Waals surface area contributed by atoms with E-state index in [9.17, 15) is 9.90 Å². The number of benzene rings is 3. The second-order valence-corrected chi connectivity index (χ2v) is 6.73. The summed E-state index contributed by atoms with van der Waals surface area (Å²) in [6, 6.07) is 20.5. The molecule has 0 unspecified atom stereocenters. The van der Waals surface area contributed by atoms with Crippen LogP contribution in [0, 0.1) is 6.92 Å². The van der Waals surface area contributed by atoms with Gasteiger partial charge in [-0.1, -0.05) is 42.0 Å². The Kier molecular flexibility index (Phi) is 4.65. The summed E-state index contributed by atoms with van der Waals surface area (Å²) in [5, 5.41) is 14.2. The van der Waals surface area contributed by atoms with Crippen molar-refractivity contribution in [3.05, 3.63) is 83.4 Å². The van der Waals surface area contributed by atoms with Gasteiger partial charge in [0.25, 0.3) is 5.91 Å². The molecule has 3 aromatic rings. The first-order chi connectivity index (χ1) is 13.6. The number of nitrogens with one attached hydrogen (secondary N) is 1. The number of hydrogen-bond donors (Lipinski definition) is 2. The molecule has 4 rings (SSSR count). The van der Waals surface area contributed by atoms with Gasteiger partial charge in [-0.15, -0.1) is 0 Å². The van der Waals surface area contributed by atoms with Gasteiger partial charge in [-0.2, -0.15) is 0 Å². The molecule has 0 aliphatic carbocycles. The highest BCUT2D eigenvalue weighted by Crippen LogP contribution is 2.42. The van der Waals surface area contributed by atoms with Crippen molar-refractivity contribution in [2.75, 3.05) is 16.8 Å². The number of aromatic hydroxyl groups is 1. The van der Waals surface area contributed by atoms with Crippen molar-refractivity contribution in [3.63, 3.8) is 0 Å². The number of fused-ring (bicyclic) bond motifs is 1. The number of phenolic OH excluding ortho intramolecular Hbond substituents is 1. The minimum Gasteiger partial charge on any atom is -0.504 e. The van der Waals surface area contributed by atoms with E-state index in [1.807, 2.05) is 62.4 Å². The average molecular weight is 374 g/mol. The van der Waals surface area contributed by atoms with Gasteiger partial charge in [0.2, 0.25) is 0 Å². The minimum absolute atomic E-state index is 0.0335. The molecule has 0 fully saturated rings. The van der Waals surface area contributed by atoms with E-state index in [4.69, 9.17) is 4.74 Å². The molecule has 0 radical (unpaired) electrons. The predicted octanol–water partition coefficient (Wildman–Crippen LogP) is 4.87. The number of nitrogens with zero attached hydrogens (tertiary/aromatic N) is 1. The maximum absolute atomic E-state index is 13.4. The van der Waals surface area contributed by atoms with Crippen molar-refractivity contribution in [3.8, 4) is 11.5 Å². The first-order valence-electron chi connectivity index (χ1n) is 9.30. The van der Waals surface area contributed by atoms with Crippen molar-refractivity contribution in [1.82, 2.24) is 0 Å². The number of hydrogen-bond acceptors (Lipinski definition) is 4. The summed E-state index contributed by atoms with van der Waals surface area (Å²) in [6.07, 6.45) is -0.564. The lowest BCUT2D eigenvalue weighted by Crippen LogP contribution is -2.43. The molecule has 0 aromatic heterocycles. The molecule has 0 spiro atoms. The van der Waals surface area contributed by atoms with Crippen LogP contribution in [0.5, 0.6) is 11.5 Å². The molecule has 5 heteroatoms. The molecule has 0 bridgehead atoms. The predicted molar refractivity (Wildman–Crippen MR) is 110 cm³/mol. The molecule has 3 aromatic carbocycles. The standard InChI is InChI=1S/C23H22N2O3/c1-3-28-20-10-6-8-18(21(20)26)22-24-19-9-5-4-7-17(19)23(27)25(22)16-13-11-15(2)12-14-16/h4-14,22,24,26H,3H2,1-2H3/t22-/m0/s1. The molecule has 0 saturated heterocycles. The number of ether oxygens (including phenoxy) is 1. The van der Waals surface area contributed by atoms with E-state index in [0.717, 1.165) is 16.9 Å². The number of amides is 1. The lowest BCUT2D eigenvalue weighted by Gasteiger charge is -2.38. The maximum atomic E-state index is 13.4. The van der Waals surface area contributed by atoms with Crippen molar-refractivity contribution in [1.29, 1.82) is 0 Å². The average Bonchev–Trinajstić information content (AvgIpc) is 2.71. The molecule has 5 nitrogen and oxygen atoms in total. The summed E-state index contributed by atoms with van der Waals surface area (Å²) in [5.74, 6) is 0.313. The molecule has 1 aliphatic rings. The third-order valence-corrected chi connectivity index (χ3v) is 4.86. The van der Waals surface area contributed by atoms with E-state index in [0.29, 0.717) is 23.5 Å². The van der Waals surface area contributed by atoms with Crippen LogP contribution in [-0.4, -0.2) is 17.6 Å². The van der Waals surface area contributed by atoms with Crippen molar-refractivity contribution >= 4 is 17.3 Å². The Morgan fingerprint density at radius 3 is 2.54 bits per heavy atom. The third-order valence-electron chi connectivity index (χ3n) is 4.86. The molecule has 2 N–H and O–H groups in total. The van der Waals surface area contributed by atoms with Crippen LogP contribution in [0.25, 0.3) is 0 Å². The van der Waals surface area contributed by atoms with Crippen molar-refractivity contribution < 1.29 is 14.6 Å². The van der Waals surface area contributed by atoms with Gasteiger partial charge in [0.05, 0.1) is 12.2 Å². The Labute approximate surface area is 164 Å². The molecular weight excluding hydrogens is 352 g/mol. The normalized spacial score (nSPS) is 15.7. The van der Waals surface area contributed by atoms with Gasteiger partial charge < -0.3 is 15.2 Å². The van der Waals surface area contributed by atoms with E-state index in [-0.39, 0.29) is 11.7 Å². The zero-order chi connectivity index (χ0) is 19.7. The van der Waals surface area contributed by atoms with Crippen LogP contribution in [0.2, 0.25) is 0 Å². The monoisotopic (exact) mass is 374 g/mol. The largest absolute Gasteiger partial charge is 0.504 e. The second-order valence-electron chi connectivity index (χ2n) is 6.73. The van der Waals surface area contributed by atoms with Crippen LogP contribution < -0.4 is 15.0 Å². The number of para-hydroxylation sites is 2. The number of rotatable bonds is 4. The third kappa shape index (κ3) is 3.05. The molecular formula is C23H22N2O3. The van der Waals surface area contributed by atoms with E-state index < -0.39 is 6.17 Å². The van der Waals surface area contributed by atoms with Gasteiger partial charge in [-0.05, 0) is 44.2 Å². The Morgan fingerprint density at radius 1 is 1.04 bits per heavy atom. The highest BCUT2D eigenvalue weighted by molar-refractivity contribution is 6.12. The summed E-state index contributed by atoms with van der Waals surface area (Å²) >= 11 is 0. The van der Waals surface area contributed by atoms with Crippen LogP contribution in [0.4, 0.5) is 11.4 Å². The first kappa shape index (κ1) is 17.9. The van der Waals surface area contributed by atoms with Crippen LogP contribution in [0.1, 0.15) is 34.6 Å². The van der Waals surface area contributed by atoms with E-state index in [1.165, 1.54) is 0 Å². The van der Waals surface area contributed by atoms with Gasteiger partial charge in [0, 0.05) is 16.9 Å². The Hall–Kier alpha value is -3.47. The Balaban J connectivity index is 1.87.